The van der Waals surface area contributed by atoms with Gasteiger partial charge in [-0.1, -0.05) is 29.8 Å². The molecule has 0 aliphatic heterocycles. The highest BCUT2D eigenvalue weighted by atomic mass is 35.5. The van der Waals surface area contributed by atoms with Crippen molar-refractivity contribution in [3.63, 3.8) is 0 Å². The summed E-state index contributed by atoms with van der Waals surface area (Å²) < 4.78 is 4.74. The minimum absolute atomic E-state index is 0.101. The summed E-state index contributed by atoms with van der Waals surface area (Å²) in [6.07, 6.45) is -2.92. The summed E-state index contributed by atoms with van der Waals surface area (Å²) >= 11 is 6.04. The Hall–Kier alpha value is -1.69. The van der Waals surface area contributed by atoms with Crippen molar-refractivity contribution in [3.05, 3.63) is 41.0 Å². The molecule has 1 aromatic heterocycles. The maximum absolute atomic E-state index is 11.3. The largest absolute Gasteiger partial charge is 0.466 e. The predicted molar refractivity (Wildman–Crippen MR) is 79.0 cm³/mol. The highest BCUT2D eigenvalue weighted by molar-refractivity contribution is 6.30. The van der Waals surface area contributed by atoms with Crippen LogP contribution in [0.3, 0.4) is 0 Å². The van der Waals surface area contributed by atoms with Crippen LogP contribution in [0.5, 0.6) is 0 Å². The molecular formula is C15H16ClNO4. The predicted octanol–water partition coefficient (Wildman–Crippen LogP) is 2.24. The summed E-state index contributed by atoms with van der Waals surface area (Å²) in [6.45, 7) is 1.89. The van der Waals surface area contributed by atoms with E-state index in [2.05, 4.69) is 4.98 Å². The van der Waals surface area contributed by atoms with Gasteiger partial charge in [0.1, 0.15) is 11.3 Å². The van der Waals surface area contributed by atoms with Gasteiger partial charge in [-0.05, 0) is 19.1 Å². The van der Waals surface area contributed by atoms with Crippen molar-refractivity contribution in [1.82, 2.24) is 4.98 Å². The molecule has 0 saturated heterocycles. The molecule has 0 radical (unpaired) electrons. The zero-order valence-corrected chi connectivity index (χ0v) is 12.2. The maximum Gasteiger partial charge on any atom is 0.308 e. The Kier molecular flexibility index (Phi) is 5.12. The van der Waals surface area contributed by atoms with Gasteiger partial charge in [0.05, 0.1) is 24.6 Å². The van der Waals surface area contributed by atoms with E-state index >= 15 is 0 Å². The third-order valence-electron chi connectivity index (χ3n) is 3.07. The lowest BCUT2D eigenvalue weighted by Gasteiger charge is -2.18. The van der Waals surface area contributed by atoms with Gasteiger partial charge in [0.15, 0.2) is 0 Å². The zero-order valence-electron chi connectivity index (χ0n) is 11.5. The average Bonchev–Trinajstić information content (AvgIpc) is 2.46. The standard InChI is InChI=1S/C15H16ClNO4/c1-2-21-13(19)8-12(18)14(20)10-7-9-5-3-4-6-11(9)17-15(10)16/h3-7,12,14,18,20H,2,8H2,1H3. The third-order valence-corrected chi connectivity index (χ3v) is 3.37. The first-order valence-corrected chi connectivity index (χ1v) is 6.97. The molecule has 5 nitrogen and oxygen atoms in total. The number of aromatic nitrogens is 1. The number of hydrogen-bond donors (Lipinski definition) is 2. The lowest BCUT2D eigenvalue weighted by molar-refractivity contribution is -0.147. The molecule has 2 aromatic rings. The Balaban J connectivity index is 2.23. The molecule has 0 spiro atoms. The van der Waals surface area contributed by atoms with Gasteiger partial charge in [-0.3, -0.25) is 4.79 Å². The van der Waals surface area contributed by atoms with Gasteiger partial charge in [-0.2, -0.15) is 0 Å². The lowest BCUT2D eigenvalue weighted by Crippen LogP contribution is -2.23. The van der Waals surface area contributed by atoms with E-state index in [1.54, 1.807) is 19.1 Å². The van der Waals surface area contributed by atoms with E-state index in [9.17, 15) is 15.0 Å². The summed E-state index contributed by atoms with van der Waals surface area (Å²) in [5.74, 6) is -0.575. The Morgan fingerprint density at radius 1 is 1.38 bits per heavy atom. The van der Waals surface area contributed by atoms with Gasteiger partial charge in [-0.15, -0.1) is 0 Å². The molecule has 0 aliphatic rings. The Bertz CT molecular complexity index is 647. The van der Waals surface area contributed by atoms with Gasteiger partial charge in [0, 0.05) is 10.9 Å². The number of carbonyl (C=O) groups excluding carboxylic acids is 1. The van der Waals surface area contributed by atoms with Gasteiger partial charge in [-0.25, -0.2) is 4.98 Å². The number of rotatable bonds is 5. The van der Waals surface area contributed by atoms with Crippen LogP contribution in [0.4, 0.5) is 0 Å². The first-order valence-electron chi connectivity index (χ1n) is 6.60. The molecule has 2 atom stereocenters. The maximum atomic E-state index is 11.3. The van der Waals surface area contributed by atoms with E-state index in [1.807, 2.05) is 18.2 Å². The quantitative estimate of drug-likeness (QED) is 0.654. The van der Waals surface area contributed by atoms with E-state index in [0.29, 0.717) is 5.52 Å². The second-order valence-electron chi connectivity index (χ2n) is 4.58. The molecular weight excluding hydrogens is 294 g/mol. The monoisotopic (exact) mass is 309 g/mol. The van der Waals surface area contributed by atoms with Crippen molar-refractivity contribution in [1.29, 1.82) is 0 Å². The van der Waals surface area contributed by atoms with Crippen molar-refractivity contribution in [2.45, 2.75) is 25.6 Å². The summed E-state index contributed by atoms with van der Waals surface area (Å²) in [7, 11) is 0. The average molecular weight is 310 g/mol. The zero-order chi connectivity index (χ0) is 15.4. The van der Waals surface area contributed by atoms with Crippen molar-refractivity contribution >= 4 is 28.5 Å². The Morgan fingerprint density at radius 2 is 2.10 bits per heavy atom. The van der Waals surface area contributed by atoms with Crippen LogP contribution >= 0.6 is 11.6 Å². The molecule has 1 heterocycles. The normalized spacial score (nSPS) is 13.9. The minimum atomic E-state index is -1.31. The van der Waals surface area contributed by atoms with Crippen LogP contribution in [0.15, 0.2) is 30.3 Å². The van der Waals surface area contributed by atoms with Crippen molar-refractivity contribution in [2.24, 2.45) is 0 Å². The summed E-state index contributed by atoms with van der Waals surface area (Å²) in [4.78, 5) is 15.5. The second kappa shape index (κ2) is 6.85. The summed E-state index contributed by atoms with van der Waals surface area (Å²) in [6, 6.07) is 8.95. The number of hydrogen-bond acceptors (Lipinski definition) is 5. The number of aliphatic hydroxyl groups is 2. The molecule has 0 saturated carbocycles. The van der Waals surface area contributed by atoms with Gasteiger partial charge < -0.3 is 14.9 Å². The Labute approximate surface area is 127 Å². The van der Waals surface area contributed by atoms with E-state index in [0.717, 1.165) is 5.39 Å². The van der Waals surface area contributed by atoms with Gasteiger partial charge in [0.2, 0.25) is 0 Å². The van der Waals surface area contributed by atoms with Gasteiger partial charge in [0.25, 0.3) is 0 Å². The van der Waals surface area contributed by atoms with Crippen molar-refractivity contribution in [3.8, 4) is 0 Å². The molecule has 6 heteroatoms. The van der Waals surface area contributed by atoms with Crippen LogP contribution in [0, 0.1) is 0 Å². The molecule has 1 aromatic carbocycles. The van der Waals surface area contributed by atoms with Crippen LogP contribution in [0.2, 0.25) is 5.15 Å². The molecule has 2 unspecified atom stereocenters. The molecule has 112 valence electrons. The fraction of sp³-hybridized carbons (Fsp3) is 0.333. The van der Waals surface area contributed by atoms with E-state index in [4.69, 9.17) is 16.3 Å². The van der Waals surface area contributed by atoms with Crippen molar-refractivity contribution in [2.75, 3.05) is 6.61 Å². The van der Waals surface area contributed by atoms with Gasteiger partial charge >= 0.3 is 5.97 Å². The molecule has 0 amide bonds. The number of pyridine rings is 1. The number of ether oxygens (including phenoxy) is 1. The number of aliphatic hydroxyl groups excluding tert-OH is 2. The molecule has 0 bridgehead atoms. The van der Waals surface area contributed by atoms with E-state index in [1.165, 1.54) is 0 Å². The van der Waals surface area contributed by atoms with E-state index in [-0.39, 0.29) is 23.7 Å². The topological polar surface area (TPSA) is 79.7 Å². The first-order chi connectivity index (χ1) is 10.0. The fourth-order valence-electron chi connectivity index (χ4n) is 2.03. The lowest BCUT2D eigenvalue weighted by atomic mass is 10.0. The third kappa shape index (κ3) is 3.69. The van der Waals surface area contributed by atoms with E-state index < -0.39 is 18.2 Å². The number of nitrogens with zero attached hydrogens (tertiary/aromatic N) is 1. The van der Waals surface area contributed by atoms with Crippen LogP contribution in [-0.2, 0) is 9.53 Å². The smallest absolute Gasteiger partial charge is 0.308 e. The molecule has 2 rings (SSSR count). The molecule has 21 heavy (non-hydrogen) atoms. The number of para-hydroxylation sites is 1. The number of fused-ring (bicyclic) bond motifs is 1. The summed E-state index contributed by atoms with van der Waals surface area (Å²) in [5.41, 5.74) is 0.977. The fourth-order valence-corrected chi connectivity index (χ4v) is 2.28. The second-order valence-corrected chi connectivity index (χ2v) is 4.94. The molecule has 2 N–H and O–H groups in total. The molecule has 0 aliphatic carbocycles. The summed E-state index contributed by atoms with van der Waals surface area (Å²) in [5, 5.41) is 21.0. The number of esters is 1. The number of carbonyl (C=O) groups is 1. The van der Waals surface area contributed by atoms with Crippen LogP contribution in [0.1, 0.15) is 25.0 Å². The highest BCUT2D eigenvalue weighted by Crippen LogP contribution is 2.28. The van der Waals surface area contributed by atoms with Crippen LogP contribution in [-0.4, -0.2) is 33.9 Å². The van der Waals surface area contributed by atoms with Crippen molar-refractivity contribution < 1.29 is 19.7 Å². The minimum Gasteiger partial charge on any atom is -0.466 e. The molecule has 0 fully saturated rings. The first kappa shape index (κ1) is 15.7. The van der Waals surface area contributed by atoms with Crippen LogP contribution in [0.25, 0.3) is 10.9 Å². The number of benzene rings is 1. The number of halogens is 1. The Morgan fingerprint density at radius 3 is 2.81 bits per heavy atom. The van der Waals surface area contributed by atoms with Crippen LogP contribution < -0.4 is 0 Å². The highest BCUT2D eigenvalue weighted by Gasteiger charge is 2.24. The SMILES string of the molecule is CCOC(=O)CC(O)C(O)c1cc2ccccc2nc1Cl.